The van der Waals surface area contributed by atoms with Crippen LogP contribution < -0.4 is 10.6 Å². The summed E-state index contributed by atoms with van der Waals surface area (Å²) in [6.45, 7) is 5.92. The molecule has 0 aliphatic heterocycles. The molecule has 1 heterocycles. The van der Waals surface area contributed by atoms with E-state index >= 15 is 0 Å². The molecular weight excluding hydrogens is 258 g/mol. The maximum Gasteiger partial charge on any atom is 0.267 e. The number of carbonyl (C=O) groups excluding carboxylic acids is 1. The van der Waals surface area contributed by atoms with Gasteiger partial charge in [0.1, 0.15) is 4.88 Å². The van der Waals surface area contributed by atoms with Gasteiger partial charge in [-0.15, -0.1) is 0 Å². The van der Waals surface area contributed by atoms with Crippen molar-refractivity contribution in [2.24, 2.45) is 0 Å². The second kappa shape index (κ2) is 5.40. The molecule has 2 N–H and O–H groups in total. The summed E-state index contributed by atoms with van der Waals surface area (Å²) >= 11 is 1.36. The van der Waals surface area contributed by atoms with Crippen LogP contribution in [-0.2, 0) is 0 Å². The van der Waals surface area contributed by atoms with Crippen molar-refractivity contribution in [3.05, 3.63) is 39.9 Å². The first-order valence-corrected chi connectivity index (χ1v) is 6.86. The van der Waals surface area contributed by atoms with Gasteiger partial charge in [-0.3, -0.25) is 4.79 Å². The molecule has 0 saturated heterocycles. The van der Waals surface area contributed by atoms with Crippen molar-refractivity contribution in [1.82, 2.24) is 4.98 Å². The monoisotopic (exact) mass is 275 g/mol. The molecule has 19 heavy (non-hydrogen) atoms. The SMILES string of the molecule is CNc1nc(C)c(C(=O)Nc2ccc(C)c(C)c2)s1. The number of anilines is 2. The highest BCUT2D eigenvalue weighted by molar-refractivity contribution is 7.17. The molecule has 2 aromatic rings. The van der Waals surface area contributed by atoms with Crippen molar-refractivity contribution in [2.45, 2.75) is 20.8 Å². The van der Waals surface area contributed by atoms with E-state index in [1.54, 1.807) is 7.05 Å². The summed E-state index contributed by atoms with van der Waals surface area (Å²) in [5, 5.41) is 6.61. The fraction of sp³-hybridized carbons (Fsp3) is 0.286. The Labute approximate surface area is 116 Å². The van der Waals surface area contributed by atoms with E-state index in [0.717, 1.165) is 22.1 Å². The predicted molar refractivity (Wildman–Crippen MR) is 80.3 cm³/mol. The Morgan fingerprint density at radius 3 is 2.53 bits per heavy atom. The van der Waals surface area contributed by atoms with E-state index in [4.69, 9.17) is 0 Å². The molecule has 2 rings (SSSR count). The normalized spacial score (nSPS) is 10.3. The number of benzene rings is 1. The second-order valence-corrected chi connectivity index (χ2v) is 5.44. The van der Waals surface area contributed by atoms with Gasteiger partial charge in [0.05, 0.1) is 5.69 Å². The summed E-state index contributed by atoms with van der Waals surface area (Å²) in [6.07, 6.45) is 0. The number of nitrogens with zero attached hydrogens (tertiary/aromatic N) is 1. The molecule has 1 amide bonds. The smallest absolute Gasteiger partial charge is 0.267 e. The Morgan fingerprint density at radius 2 is 1.95 bits per heavy atom. The summed E-state index contributed by atoms with van der Waals surface area (Å²) in [4.78, 5) is 17.1. The standard InChI is InChI=1S/C14H17N3OS/c1-8-5-6-11(7-9(8)2)17-13(18)12-10(3)16-14(15-4)19-12/h5-7H,1-4H3,(H,15,16)(H,17,18). The van der Waals surface area contributed by atoms with Crippen molar-refractivity contribution in [3.8, 4) is 0 Å². The molecular formula is C14H17N3OS. The number of amides is 1. The highest BCUT2D eigenvalue weighted by Gasteiger charge is 2.15. The third kappa shape index (κ3) is 2.93. The fourth-order valence-corrected chi connectivity index (χ4v) is 2.54. The van der Waals surface area contributed by atoms with Gasteiger partial charge in [0.15, 0.2) is 5.13 Å². The summed E-state index contributed by atoms with van der Waals surface area (Å²) < 4.78 is 0. The molecule has 100 valence electrons. The van der Waals surface area contributed by atoms with Crippen molar-refractivity contribution < 1.29 is 4.79 Å². The van der Waals surface area contributed by atoms with E-state index in [-0.39, 0.29) is 5.91 Å². The summed E-state index contributed by atoms with van der Waals surface area (Å²) in [6, 6.07) is 5.89. The number of nitrogens with one attached hydrogen (secondary N) is 2. The maximum absolute atomic E-state index is 12.2. The molecule has 0 spiro atoms. The zero-order valence-corrected chi connectivity index (χ0v) is 12.3. The number of carbonyl (C=O) groups is 1. The molecule has 1 aromatic carbocycles. The van der Waals surface area contributed by atoms with Crippen LogP contribution in [0.4, 0.5) is 10.8 Å². The third-order valence-electron chi connectivity index (χ3n) is 2.98. The van der Waals surface area contributed by atoms with E-state index in [2.05, 4.69) is 15.6 Å². The van der Waals surface area contributed by atoms with Crippen LogP contribution in [0, 0.1) is 20.8 Å². The average Bonchev–Trinajstić information content (AvgIpc) is 2.75. The molecule has 0 saturated carbocycles. The number of rotatable bonds is 3. The van der Waals surface area contributed by atoms with Gasteiger partial charge in [-0.1, -0.05) is 17.4 Å². The molecule has 4 nitrogen and oxygen atoms in total. The van der Waals surface area contributed by atoms with Gasteiger partial charge in [-0.25, -0.2) is 4.98 Å². The predicted octanol–water partition coefficient (Wildman–Crippen LogP) is 3.36. The van der Waals surface area contributed by atoms with Crippen LogP contribution in [-0.4, -0.2) is 17.9 Å². The Morgan fingerprint density at radius 1 is 1.21 bits per heavy atom. The lowest BCUT2D eigenvalue weighted by molar-refractivity contribution is 0.103. The van der Waals surface area contributed by atoms with Crippen LogP contribution in [0.25, 0.3) is 0 Å². The van der Waals surface area contributed by atoms with Crippen molar-refractivity contribution in [1.29, 1.82) is 0 Å². The molecule has 1 aromatic heterocycles. The van der Waals surface area contributed by atoms with E-state index in [0.29, 0.717) is 4.88 Å². The van der Waals surface area contributed by atoms with Crippen LogP contribution in [0.3, 0.4) is 0 Å². The minimum Gasteiger partial charge on any atom is -0.365 e. The molecule has 0 bridgehead atoms. The minimum atomic E-state index is -0.111. The summed E-state index contributed by atoms with van der Waals surface area (Å²) in [5.41, 5.74) is 3.93. The lowest BCUT2D eigenvalue weighted by atomic mass is 10.1. The molecule has 0 atom stereocenters. The van der Waals surface area contributed by atoms with Gasteiger partial charge in [-0.05, 0) is 44.0 Å². The van der Waals surface area contributed by atoms with Gasteiger partial charge < -0.3 is 10.6 Å². The largest absolute Gasteiger partial charge is 0.365 e. The Balaban J connectivity index is 2.20. The molecule has 0 radical (unpaired) electrons. The van der Waals surface area contributed by atoms with Crippen molar-refractivity contribution in [2.75, 3.05) is 17.7 Å². The first-order chi connectivity index (χ1) is 9.01. The van der Waals surface area contributed by atoms with E-state index < -0.39 is 0 Å². The van der Waals surface area contributed by atoms with E-state index in [9.17, 15) is 4.79 Å². The first-order valence-electron chi connectivity index (χ1n) is 6.05. The zero-order chi connectivity index (χ0) is 14.0. The topological polar surface area (TPSA) is 54.0 Å². The Hall–Kier alpha value is -1.88. The third-order valence-corrected chi connectivity index (χ3v) is 4.16. The number of aryl methyl sites for hydroxylation is 3. The summed E-state index contributed by atoms with van der Waals surface area (Å²) in [5.74, 6) is -0.111. The van der Waals surface area contributed by atoms with Gasteiger partial charge in [0, 0.05) is 12.7 Å². The lowest BCUT2D eigenvalue weighted by Crippen LogP contribution is -2.11. The molecule has 0 aliphatic carbocycles. The number of hydrogen-bond acceptors (Lipinski definition) is 4. The molecule has 0 unspecified atom stereocenters. The molecule has 5 heteroatoms. The zero-order valence-electron chi connectivity index (χ0n) is 11.5. The van der Waals surface area contributed by atoms with Crippen LogP contribution in [0.1, 0.15) is 26.5 Å². The van der Waals surface area contributed by atoms with E-state index in [1.807, 2.05) is 39.0 Å². The van der Waals surface area contributed by atoms with Gasteiger partial charge in [-0.2, -0.15) is 0 Å². The highest BCUT2D eigenvalue weighted by Crippen LogP contribution is 2.23. The molecule has 0 fully saturated rings. The minimum absolute atomic E-state index is 0.111. The second-order valence-electron chi connectivity index (χ2n) is 4.44. The van der Waals surface area contributed by atoms with Gasteiger partial charge in [0.25, 0.3) is 5.91 Å². The van der Waals surface area contributed by atoms with Crippen LogP contribution in [0.2, 0.25) is 0 Å². The fourth-order valence-electron chi connectivity index (χ4n) is 1.72. The van der Waals surface area contributed by atoms with Gasteiger partial charge >= 0.3 is 0 Å². The maximum atomic E-state index is 12.2. The van der Waals surface area contributed by atoms with Crippen LogP contribution in [0.5, 0.6) is 0 Å². The van der Waals surface area contributed by atoms with E-state index in [1.165, 1.54) is 16.9 Å². The first kappa shape index (κ1) is 13.5. The lowest BCUT2D eigenvalue weighted by Gasteiger charge is -2.06. The summed E-state index contributed by atoms with van der Waals surface area (Å²) in [7, 11) is 1.79. The van der Waals surface area contributed by atoms with Gasteiger partial charge in [0.2, 0.25) is 0 Å². The molecule has 0 aliphatic rings. The van der Waals surface area contributed by atoms with Crippen molar-refractivity contribution in [3.63, 3.8) is 0 Å². The quantitative estimate of drug-likeness (QED) is 0.903. The van der Waals surface area contributed by atoms with Crippen molar-refractivity contribution >= 4 is 28.1 Å². The number of aromatic nitrogens is 1. The highest BCUT2D eigenvalue weighted by atomic mass is 32.1. The number of hydrogen-bond donors (Lipinski definition) is 2. The van der Waals surface area contributed by atoms with Crippen LogP contribution >= 0.6 is 11.3 Å². The average molecular weight is 275 g/mol. The Kier molecular flexibility index (Phi) is 3.85. The van der Waals surface area contributed by atoms with Crippen LogP contribution in [0.15, 0.2) is 18.2 Å². The number of thiazole rings is 1. The Bertz CT molecular complexity index is 619.